The maximum atomic E-state index is 5.08. The fourth-order valence-electron chi connectivity index (χ4n) is 1.75. The second-order valence-electron chi connectivity index (χ2n) is 4.03. The molecule has 0 amide bonds. The van der Waals surface area contributed by atoms with Crippen LogP contribution in [0.4, 0.5) is 0 Å². The molecule has 0 saturated heterocycles. The lowest BCUT2D eigenvalue weighted by molar-refractivity contribution is 0.524. The first-order valence-electron chi connectivity index (χ1n) is 5.82. The second-order valence-corrected chi connectivity index (χ2v) is 4.03. The van der Waals surface area contributed by atoms with Crippen molar-refractivity contribution >= 4 is 0 Å². The summed E-state index contributed by atoms with van der Waals surface area (Å²) in [6.45, 7) is 4.93. The number of nitrogens with zero attached hydrogens (tertiary/aromatic N) is 2. The van der Waals surface area contributed by atoms with Crippen molar-refractivity contribution in [1.29, 1.82) is 0 Å². The molecule has 2 aromatic rings. The number of likely N-dealkylation sites (N-methyl/N-ethyl adjacent to an activating group) is 1. The minimum Gasteiger partial charge on any atom is -0.472 e. The minimum atomic E-state index is 0.186. The molecule has 4 nitrogen and oxygen atoms in total. The van der Waals surface area contributed by atoms with Gasteiger partial charge in [0.1, 0.15) is 0 Å². The lowest BCUT2D eigenvalue weighted by Crippen LogP contribution is -2.24. The summed E-state index contributed by atoms with van der Waals surface area (Å²) in [6, 6.07) is 2.16. The van der Waals surface area contributed by atoms with Gasteiger partial charge in [-0.2, -0.15) is 0 Å². The monoisotopic (exact) mass is 231 g/mol. The van der Waals surface area contributed by atoms with Gasteiger partial charge < -0.3 is 9.73 Å². The number of aromatic nitrogens is 2. The van der Waals surface area contributed by atoms with Gasteiger partial charge in [-0.25, -0.2) is 0 Å². The molecule has 0 aliphatic heterocycles. The summed E-state index contributed by atoms with van der Waals surface area (Å²) in [6.07, 6.45) is 7.96. The molecule has 2 aromatic heterocycles. The van der Waals surface area contributed by atoms with Crippen LogP contribution in [-0.4, -0.2) is 16.5 Å². The maximum absolute atomic E-state index is 5.08. The standard InChI is InChI=1S/C13H17N3O/c1-3-14-12(6-11-4-5-17-9-11)13-8-15-10(2)7-16-13/h4-5,7-9,12,14H,3,6H2,1-2H3. The Kier molecular flexibility index (Phi) is 3.88. The number of furan rings is 1. The lowest BCUT2D eigenvalue weighted by atomic mass is 10.1. The van der Waals surface area contributed by atoms with E-state index in [2.05, 4.69) is 22.2 Å². The first kappa shape index (κ1) is 11.8. The van der Waals surface area contributed by atoms with Gasteiger partial charge in [0.05, 0.1) is 36.2 Å². The normalized spacial score (nSPS) is 12.6. The van der Waals surface area contributed by atoms with Crippen LogP contribution in [0, 0.1) is 6.92 Å². The summed E-state index contributed by atoms with van der Waals surface area (Å²) in [5.41, 5.74) is 3.07. The number of hydrogen-bond acceptors (Lipinski definition) is 4. The Hall–Kier alpha value is -1.68. The molecule has 0 radical (unpaired) electrons. The molecule has 0 aliphatic rings. The largest absolute Gasteiger partial charge is 0.472 e. The number of nitrogens with one attached hydrogen (secondary N) is 1. The molecule has 1 atom stereocenters. The molecule has 1 unspecified atom stereocenters. The summed E-state index contributed by atoms with van der Waals surface area (Å²) in [7, 11) is 0. The van der Waals surface area contributed by atoms with Crippen molar-refractivity contribution in [2.45, 2.75) is 26.3 Å². The van der Waals surface area contributed by atoms with Crippen molar-refractivity contribution in [2.75, 3.05) is 6.54 Å². The summed E-state index contributed by atoms with van der Waals surface area (Å²) in [5, 5.41) is 3.41. The molecule has 0 saturated carbocycles. The third kappa shape index (κ3) is 3.14. The Labute approximate surface area is 101 Å². The average Bonchev–Trinajstić information content (AvgIpc) is 2.82. The highest BCUT2D eigenvalue weighted by molar-refractivity contribution is 5.13. The Morgan fingerprint density at radius 3 is 2.82 bits per heavy atom. The highest BCUT2D eigenvalue weighted by Gasteiger charge is 2.13. The molecular weight excluding hydrogens is 214 g/mol. The van der Waals surface area contributed by atoms with E-state index < -0.39 is 0 Å². The van der Waals surface area contributed by atoms with E-state index in [9.17, 15) is 0 Å². The Balaban J connectivity index is 2.13. The van der Waals surface area contributed by atoms with Gasteiger partial charge >= 0.3 is 0 Å². The van der Waals surface area contributed by atoms with E-state index in [1.807, 2.05) is 19.2 Å². The van der Waals surface area contributed by atoms with Crippen LogP contribution in [0.1, 0.15) is 29.9 Å². The van der Waals surface area contributed by atoms with Gasteiger partial charge in [-0.3, -0.25) is 9.97 Å². The molecule has 0 aliphatic carbocycles. The number of hydrogen-bond donors (Lipinski definition) is 1. The first-order chi connectivity index (χ1) is 8.29. The molecule has 0 fully saturated rings. The minimum absolute atomic E-state index is 0.186. The third-order valence-electron chi connectivity index (χ3n) is 2.63. The van der Waals surface area contributed by atoms with E-state index in [4.69, 9.17) is 4.42 Å². The van der Waals surface area contributed by atoms with Crippen molar-refractivity contribution in [1.82, 2.24) is 15.3 Å². The van der Waals surface area contributed by atoms with Gasteiger partial charge in [-0.05, 0) is 31.5 Å². The van der Waals surface area contributed by atoms with Gasteiger partial charge in [0, 0.05) is 6.20 Å². The van der Waals surface area contributed by atoms with Crippen LogP contribution < -0.4 is 5.32 Å². The second kappa shape index (κ2) is 5.59. The fraction of sp³-hybridized carbons (Fsp3) is 0.385. The highest BCUT2D eigenvalue weighted by Crippen LogP contribution is 2.16. The molecule has 2 heterocycles. The quantitative estimate of drug-likeness (QED) is 0.857. The zero-order chi connectivity index (χ0) is 12.1. The van der Waals surface area contributed by atoms with E-state index >= 15 is 0 Å². The van der Waals surface area contributed by atoms with Crippen LogP contribution in [0.3, 0.4) is 0 Å². The fourth-order valence-corrected chi connectivity index (χ4v) is 1.75. The van der Waals surface area contributed by atoms with Crippen molar-refractivity contribution in [3.8, 4) is 0 Å². The topological polar surface area (TPSA) is 51.0 Å². The van der Waals surface area contributed by atoms with Crippen LogP contribution >= 0.6 is 0 Å². The van der Waals surface area contributed by atoms with Gasteiger partial charge in [-0.1, -0.05) is 6.92 Å². The average molecular weight is 231 g/mol. The van der Waals surface area contributed by atoms with Crippen LogP contribution in [0.5, 0.6) is 0 Å². The van der Waals surface area contributed by atoms with Gasteiger partial charge in [0.15, 0.2) is 0 Å². The molecular formula is C13H17N3O. The van der Waals surface area contributed by atoms with Crippen LogP contribution in [0.2, 0.25) is 0 Å². The third-order valence-corrected chi connectivity index (χ3v) is 2.63. The van der Waals surface area contributed by atoms with Gasteiger partial charge in [0.25, 0.3) is 0 Å². The Morgan fingerprint density at radius 1 is 1.35 bits per heavy atom. The van der Waals surface area contributed by atoms with Crippen molar-refractivity contribution in [2.24, 2.45) is 0 Å². The molecule has 0 bridgehead atoms. The molecule has 4 heteroatoms. The molecule has 90 valence electrons. The van der Waals surface area contributed by atoms with Crippen LogP contribution in [0.15, 0.2) is 35.4 Å². The smallest absolute Gasteiger partial charge is 0.0935 e. The van der Waals surface area contributed by atoms with Gasteiger partial charge in [0.2, 0.25) is 0 Å². The Bertz CT molecular complexity index is 436. The summed E-state index contributed by atoms with van der Waals surface area (Å²) >= 11 is 0. The lowest BCUT2D eigenvalue weighted by Gasteiger charge is -2.16. The molecule has 0 aromatic carbocycles. The maximum Gasteiger partial charge on any atom is 0.0935 e. The van der Waals surface area contributed by atoms with E-state index in [1.165, 1.54) is 5.56 Å². The number of rotatable bonds is 5. The highest BCUT2D eigenvalue weighted by atomic mass is 16.3. The first-order valence-corrected chi connectivity index (χ1v) is 5.82. The zero-order valence-corrected chi connectivity index (χ0v) is 10.2. The summed E-state index contributed by atoms with van der Waals surface area (Å²) in [5.74, 6) is 0. The van der Waals surface area contributed by atoms with E-state index in [0.29, 0.717) is 0 Å². The summed E-state index contributed by atoms with van der Waals surface area (Å²) in [4.78, 5) is 8.71. The van der Waals surface area contributed by atoms with Crippen LogP contribution in [-0.2, 0) is 6.42 Å². The molecule has 1 N–H and O–H groups in total. The van der Waals surface area contributed by atoms with E-state index in [1.54, 1.807) is 18.7 Å². The van der Waals surface area contributed by atoms with Crippen molar-refractivity contribution in [3.05, 3.63) is 47.9 Å². The zero-order valence-electron chi connectivity index (χ0n) is 10.2. The molecule has 2 rings (SSSR count). The van der Waals surface area contributed by atoms with Crippen molar-refractivity contribution < 1.29 is 4.42 Å². The molecule has 17 heavy (non-hydrogen) atoms. The van der Waals surface area contributed by atoms with Crippen LogP contribution in [0.25, 0.3) is 0 Å². The van der Waals surface area contributed by atoms with Gasteiger partial charge in [-0.15, -0.1) is 0 Å². The van der Waals surface area contributed by atoms with Crippen molar-refractivity contribution in [3.63, 3.8) is 0 Å². The van der Waals surface area contributed by atoms with E-state index in [0.717, 1.165) is 24.4 Å². The predicted octanol–water partition coefficient (Wildman–Crippen LogP) is 2.27. The summed E-state index contributed by atoms with van der Waals surface area (Å²) < 4.78 is 5.08. The predicted molar refractivity (Wildman–Crippen MR) is 65.6 cm³/mol. The SMILES string of the molecule is CCNC(Cc1ccoc1)c1cnc(C)cn1. The number of aryl methyl sites for hydroxylation is 1. The Morgan fingerprint density at radius 2 is 2.24 bits per heavy atom. The molecule has 0 spiro atoms. The van der Waals surface area contributed by atoms with E-state index in [-0.39, 0.29) is 6.04 Å².